The molecule has 46 valence electrons. The van der Waals surface area contributed by atoms with Crippen LogP contribution in [0.15, 0.2) is 10.6 Å². The summed E-state index contributed by atoms with van der Waals surface area (Å²) in [7, 11) is 0. The van der Waals surface area contributed by atoms with E-state index in [9.17, 15) is 0 Å². The van der Waals surface area contributed by atoms with Crippen LogP contribution in [0.2, 0.25) is 0 Å². The molecule has 1 aliphatic rings. The Hall–Kier alpha value is 0.320. The molecule has 1 aliphatic carbocycles. The monoisotopic (exact) mass is 150 g/mol. The van der Waals surface area contributed by atoms with Gasteiger partial charge in [0, 0.05) is 0 Å². The Morgan fingerprint density at radius 1 is 1.62 bits per heavy atom. The van der Waals surface area contributed by atoms with Gasteiger partial charge < -0.3 is 0 Å². The third-order valence-corrected chi connectivity index (χ3v) is 1.76. The highest BCUT2D eigenvalue weighted by Gasteiger charge is 2.30. The lowest BCUT2D eigenvalue weighted by Crippen LogP contribution is -1.67. The topological polar surface area (TPSA) is 0 Å². The van der Waals surface area contributed by atoms with Crippen LogP contribution in [-0.4, -0.2) is 0 Å². The molecule has 0 spiro atoms. The van der Waals surface area contributed by atoms with Crippen molar-refractivity contribution in [1.29, 1.82) is 0 Å². The summed E-state index contributed by atoms with van der Waals surface area (Å²) in [6, 6.07) is 0. The van der Waals surface area contributed by atoms with Crippen LogP contribution < -0.4 is 0 Å². The van der Waals surface area contributed by atoms with E-state index >= 15 is 0 Å². The summed E-state index contributed by atoms with van der Waals surface area (Å²) in [5, 5.41) is 0. The average molecular weight is 151 g/mol. The van der Waals surface area contributed by atoms with Gasteiger partial charge in [-0.3, -0.25) is 0 Å². The van der Waals surface area contributed by atoms with E-state index in [4.69, 9.17) is 23.2 Å². The Kier molecular flexibility index (Phi) is 1.84. The summed E-state index contributed by atoms with van der Waals surface area (Å²) in [5.74, 6) is 1.47. The smallest absolute Gasteiger partial charge is 0.0712 e. The lowest BCUT2D eigenvalue weighted by Gasteiger charge is -1.80. The van der Waals surface area contributed by atoms with Crippen LogP contribution in [-0.2, 0) is 0 Å². The second-order valence-electron chi connectivity index (χ2n) is 2.33. The first kappa shape index (κ1) is 6.44. The zero-order chi connectivity index (χ0) is 6.15. The molecule has 0 aromatic rings. The molecule has 0 bridgehead atoms. The van der Waals surface area contributed by atoms with Gasteiger partial charge >= 0.3 is 0 Å². The van der Waals surface area contributed by atoms with Crippen LogP contribution in [0.1, 0.15) is 13.3 Å². The molecule has 2 heteroatoms. The molecule has 0 saturated heterocycles. The maximum absolute atomic E-state index is 5.40. The number of rotatable bonds is 1. The zero-order valence-electron chi connectivity index (χ0n) is 4.70. The van der Waals surface area contributed by atoms with Gasteiger partial charge in [0.2, 0.25) is 0 Å². The molecule has 0 aliphatic heterocycles. The predicted octanol–water partition coefficient (Wildman–Crippen LogP) is 2.96. The molecule has 2 atom stereocenters. The first-order valence-corrected chi connectivity index (χ1v) is 3.48. The summed E-state index contributed by atoms with van der Waals surface area (Å²) >= 11 is 10.8. The van der Waals surface area contributed by atoms with Gasteiger partial charge in [-0.2, -0.15) is 0 Å². The molecular formula is C6H8Cl2. The Labute approximate surface area is 59.5 Å². The van der Waals surface area contributed by atoms with Crippen molar-refractivity contribution in [2.75, 3.05) is 0 Å². The molecule has 0 radical (unpaired) electrons. The number of halogens is 2. The molecule has 0 N–H and O–H groups in total. The van der Waals surface area contributed by atoms with Crippen molar-refractivity contribution in [3.05, 3.63) is 10.6 Å². The lowest BCUT2D eigenvalue weighted by atomic mass is 10.3. The third-order valence-electron chi connectivity index (χ3n) is 1.51. The minimum absolute atomic E-state index is 0.416. The molecule has 1 fully saturated rings. The number of hydrogen-bond donors (Lipinski definition) is 0. The van der Waals surface area contributed by atoms with Gasteiger partial charge in [-0.1, -0.05) is 36.2 Å². The van der Waals surface area contributed by atoms with Gasteiger partial charge in [-0.25, -0.2) is 0 Å². The second kappa shape index (κ2) is 2.28. The highest BCUT2D eigenvalue weighted by atomic mass is 35.5. The normalized spacial score (nSPS) is 34.4. The summed E-state index contributed by atoms with van der Waals surface area (Å²) in [6.07, 6.45) is 3.16. The first-order chi connectivity index (χ1) is 3.70. The summed E-state index contributed by atoms with van der Waals surface area (Å²) in [4.78, 5) is 0. The maximum atomic E-state index is 5.40. The molecule has 2 unspecified atom stereocenters. The van der Waals surface area contributed by atoms with E-state index in [1.165, 1.54) is 6.42 Å². The van der Waals surface area contributed by atoms with Gasteiger partial charge in [-0.15, -0.1) is 0 Å². The minimum Gasteiger partial charge on any atom is -0.0712 e. The van der Waals surface area contributed by atoms with E-state index in [1.54, 1.807) is 0 Å². The lowest BCUT2D eigenvalue weighted by molar-refractivity contribution is 0.899. The Morgan fingerprint density at radius 2 is 2.12 bits per heavy atom. The van der Waals surface area contributed by atoms with Crippen molar-refractivity contribution in [3.63, 3.8) is 0 Å². The molecule has 1 saturated carbocycles. The fourth-order valence-corrected chi connectivity index (χ4v) is 1.07. The largest absolute Gasteiger partial charge is 0.103 e. The second-order valence-corrected chi connectivity index (χ2v) is 3.34. The molecule has 0 heterocycles. The van der Waals surface area contributed by atoms with Crippen molar-refractivity contribution in [1.82, 2.24) is 0 Å². The standard InChI is InChI=1S/C6H8Cl2/c1-4-2-5(4)3-6(7)8/h3-5H,2H2,1H3. The van der Waals surface area contributed by atoms with E-state index in [2.05, 4.69) is 6.92 Å². The molecule has 0 aromatic heterocycles. The van der Waals surface area contributed by atoms with Gasteiger partial charge in [-0.05, 0) is 18.3 Å². The Bertz CT molecular complexity index is 114. The molecule has 1 rings (SSSR count). The maximum Gasteiger partial charge on any atom is 0.103 e. The molecule has 0 amide bonds. The fourth-order valence-electron chi connectivity index (χ4n) is 0.745. The van der Waals surface area contributed by atoms with Crippen LogP contribution in [0.25, 0.3) is 0 Å². The molecule has 0 aromatic carbocycles. The Balaban J connectivity index is 2.32. The Morgan fingerprint density at radius 3 is 2.25 bits per heavy atom. The molecular weight excluding hydrogens is 143 g/mol. The van der Waals surface area contributed by atoms with Gasteiger partial charge in [0.05, 0.1) is 0 Å². The van der Waals surface area contributed by atoms with Crippen molar-refractivity contribution in [2.24, 2.45) is 11.8 Å². The van der Waals surface area contributed by atoms with Crippen LogP contribution in [0, 0.1) is 11.8 Å². The van der Waals surface area contributed by atoms with Crippen LogP contribution in [0.5, 0.6) is 0 Å². The number of allylic oxidation sites excluding steroid dienone is 1. The van der Waals surface area contributed by atoms with Gasteiger partial charge in [0.25, 0.3) is 0 Å². The molecule has 0 nitrogen and oxygen atoms in total. The van der Waals surface area contributed by atoms with E-state index in [0.717, 1.165) is 5.92 Å². The highest BCUT2D eigenvalue weighted by Crippen LogP contribution is 2.40. The van der Waals surface area contributed by atoms with Crippen molar-refractivity contribution < 1.29 is 0 Å². The van der Waals surface area contributed by atoms with Crippen molar-refractivity contribution in [3.8, 4) is 0 Å². The third kappa shape index (κ3) is 1.68. The molecule has 8 heavy (non-hydrogen) atoms. The van der Waals surface area contributed by atoms with Crippen molar-refractivity contribution >= 4 is 23.2 Å². The summed E-state index contributed by atoms with van der Waals surface area (Å²) < 4.78 is 0.416. The first-order valence-electron chi connectivity index (χ1n) is 2.73. The summed E-state index contributed by atoms with van der Waals surface area (Å²) in [5.41, 5.74) is 0. The minimum atomic E-state index is 0.416. The van der Waals surface area contributed by atoms with E-state index < -0.39 is 0 Å². The van der Waals surface area contributed by atoms with Crippen molar-refractivity contribution in [2.45, 2.75) is 13.3 Å². The average Bonchev–Trinajstić information content (AvgIpc) is 2.17. The highest BCUT2D eigenvalue weighted by molar-refractivity contribution is 6.55. The number of hydrogen-bond acceptors (Lipinski definition) is 0. The van der Waals surface area contributed by atoms with Crippen LogP contribution in [0.3, 0.4) is 0 Å². The van der Waals surface area contributed by atoms with Gasteiger partial charge in [0.15, 0.2) is 0 Å². The van der Waals surface area contributed by atoms with Crippen LogP contribution >= 0.6 is 23.2 Å². The summed E-state index contributed by atoms with van der Waals surface area (Å²) in [6.45, 7) is 2.19. The van der Waals surface area contributed by atoms with E-state index in [-0.39, 0.29) is 0 Å². The fraction of sp³-hybridized carbons (Fsp3) is 0.667. The zero-order valence-corrected chi connectivity index (χ0v) is 6.21. The van der Waals surface area contributed by atoms with Gasteiger partial charge in [0.1, 0.15) is 4.49 Å². The van der Waals surface area contributed by atoms with E-state index in [1.807, 2.05) is 6.08 Å². The van der Waals surface area contributed by atoms with E-state index in [0.29, 0.717) is 10.4 Å². The quantitative estimate of drug-likeness (QED) is 0.540. The SMILES string of the molecule is CC1CC1C=C(Cl)Cl. The van der Waals surface area contributed by atoms with Crippen LogP contribution in [0.4, 0.5) is 0 Å². The predicted molar refractivity (Wildman–Crippen MR) is 37.1 cm³/mol.